The first-order chi connectivity index (χ1) is 9.20. The lowest BCUT2D eigenvalue weighted by atomic mass is 10.0. The van der Waals surface area contributed by atoms with E-state index >= 15 is 0 Å². The van der Waals surface area contributed by atoms with Gasteiger partial charge in [-0.1, -0.05) is 0 Å². The van der Waals surface area contributed by atoms with Crippen LogP contribution in [-0.4, -0.2) is 39.5 Å². The molecule has 0 amide bonds. The van der Waals surface area contributed by atoms with E-state index < -0.39 is 0 Å². The number of hydrogen-bond acceptors (Lipinski definition) is 4. The molecule has 1 saturated heterocycles. The van der Waals surface area contributed by atoms with Gasteiger partial charge in [0.15, 0.2) is 0 Å². The molecule has 2 N–H and O–H groups in total. The van der Waals surface area contributed by atoms with Gasteiger partial charge < -0.3 is 20.1 Å². The molecule has 2 rings (SSSR count). The summed E-state index contributed by atoms with van der Waals surface area (Å²) >= 11 is 0. The Morgan fingerprint density at radius 1 is 1.37 bits per heavy atom. The summed E-state index contributed by atoms with van der Waals surface area (Å²) in [5.41, 5.74) is 8.56. The van der Waals surface area contributed by atoms with Crippen LogP contribution in [0, 0.1) is 6.92 Å². The number of aryl methyl sites for hydroxylation is 1. The van der Waals surface area contributed by atoms with Crippen LogP contribution in [0.5, 0.6) is 5.75 Å². The van der Waals surface area contributed by atoms with Crippen LogP contribution < -0.4 is 15.4 Å². The lowest BCUT2D eigenvalue weighted by Crippen LogP contribution is -2.43. The van der Waals surface area contributed by atoms with Crippen molar-refractivity contribution in [2.75, 3.05) is 38.3 Å². The van der Waals surface area contributed by atoms with E-state index in [2.05, 4.69) is 24.0 Å². The van der Waals surface area contributed by atoms with Gasteiger partial charge in [-0.05, 0) is 43.5 Å². The number of anilines is 1. The lowest BCUT2D eigenvalue weighted by Gasteiger charge is -2.33. The highest BCUT2D eigenvalue weighted by atomic mass is 16.5. The van der Waals surface area contributed by atoms with E-state index in [-0.39, 0.29) is 0 Å². The van der Waals surface area contributed by atoms with Gasteiger partial charge in [-0.25, -0.2) is 0 Å². The minimum Gasteiger partial charge on any atom is -0.491 e. The summed E-state index contributed by atoms with van der Waals surface area (Å²) in [5.74, 6) is 0.902. The van der Waals surface area contributed by atoms with Crippen LogP contribution in [-0.2, 0) is 4.74 Å². The van der Waals surface area contributed by atoms with Gasteiger partial charge in [0.05, 0.1) is 6.61 Å². The molecule has 0 spiro atoms. The molecule has 4 heteroatoms. The van der Waals surface area contributed by atoms with Gasteiger partial charge in [-0.2, -0.15) is 0 Å². The second-order valence-electron chi connectivity index (χ2n) is 5.14. The maximum absolute atomic E-state index is 6.04. The van der Waals surface area contributed by atoms with Crippen LogP contribution in [0.3, 0.4) is 0 Å². The van der Waals surface area contributed by atoms with Crippen LogP contribution in [0.15, 0.2) is 18.2 Å². The number of nitrogens with two attached hydrogens (primary N) is 1. The number of rotatable bonds is 5. The van der Waals surface area contributed by atoms with Crippen molar-refractivity contribution in [3.63, 3.8) is 0 Å². The highest BCUT2D eigenvalue weighted by molar-refractivity contribution is 5.56. The van der Waals surface area contributed by atoms with Crippen LogP contribution in [0.2, 0.25) is 0 Å². The number of nitrogens with zero attached hydrogens (tertiary/aromatic N) is 1. The SMILES string of the molecule is COCCOc1ccc(N2CCCC(N)C2)c(C)c1. The molecule has 1 aromatic carbocycles. The fraction of sp³-hybridized carbons (Fsp3) is 0.600. The summed E-state index contributed by atoms with van der Waals surface area (Å²) in [6, 6.07) is 6.55. The zero-order valence-corrected chi connectivity index (χ0v) is 11.9. The van der Waals surface area contributed by atoms with Crippen LogP contribution in [0.25, 0.3) is 0 Å². The first-order valence-electron chi connectivity index (χ1n) is 6.93. The Bertz CT molecular complexity index is 409. The van der Waals surface area contributed by atoms with E-state index in [0.29, 0.717) is 19.3 Å². The number of benzene rings is 1. The molecule has 1 unspecified atom stereocenters. The Hall–Kier alpha value is -1.26. The summed E-state index contributed by atoms with van der Waals surface area (Å²) in [6.07, 6.45) is 2.31. The fourth-order valence-electron chi connectivity index (χ4n) is 2.54. The van der Waals surface area contributed by atoms with Gasteiger partial charge in [-0.15, -0.1) is 0 Å². The average Bonchev–Trinajstić information content (AvgIpc) is 2.39. The van der Waals surface area contributed by atoms with Crippen molar-refractivity contribution in [1.29, 1.82) is 0 Å². The third-order valence-corrected chi connectivity index (χ3v) is 3.52. The second-order valence-corrected chi connectivity index (χ2v) is 5.14. The van der Waals surface area contributed by atoms with E-state index in [4.69, 9.17) is 15.2 Å². The van der Waals surface area contributed by atoms with Crippen LogP contribution in [0.4, 0.5) is 5.69 Å². The Balaban J connectivity index is 2.02. The highest BCUT2D eigenvalue weighted by Gasteiger charge is 2.18. The van der Waals surface area contributed by atoms with Crippen molar-refractivity contribution in [1.82, 2.24) is 0 Å². The largest absolute Gasteiger partial charge is 0.491 e. The summed E-state index contributed by atoms with van der Waals surface area (Å²) in [7, 11) is 1.68. The van der Waals surface area contributed by atoms with Gasteiger partial charge in [0.2, 0.25) is 0 Å². The normalized spacial score (nSPS) is 19.5. The molecule has 4 nitrogen and oxygen atoms in total. The van der Waals surface area contributed by atoms with Gasteiger partial charge in [0.25, 0.3) is 0 Å². The highest BCUT2D eigenvalue weighted by Crippen LogP contribution is 2.27. The Labute approximate surface area is 115 Å². The van der Waals surface area contributed by atoms with Crippen molar-refractivity contribution >= 4 is 5.69 Å². The molecular weight excluding hydrogens is 240 g/mol. The molecule has 0 aromatic heterocycles. The second kappa shape index (κ2) is 6.78. The molecule has 1 fully saturated rings. The van der Waals surface area contributed by atoms with E-state index in [9.17, 15) is 0 Å². The maximum Gasteiger partial charge on any atom is 0.119 e. The third kappa shape index (κ3) is 3.85. The van der Waals surface area contributed by atoms with Gasteiger partial charge in [0, 0.05) is 31.9 Å². The molecule has 1 aliphatic rings. The molecule has 0 aliphatic carbocycles. The number of ether oxygens (including phenoxy) is 2. The van der Waals surface area contributed by atoms with E-state index in [1.165, 1.54) is 17.7 Å². The molecule has 0 saturated carbocycles. The molecule has 19 heavy (non-hydrogen) atoms. The summed E-state index contributed by atoms with van der Waals surface area (Å²) < 4.78 is 10.6. The molecule has 0 bridgehead atoms. The first-order valence-corrected chi connectivity index (χ1v) is 6.93. The van der Waals surface area contributed by atoms with Crippen molar-refractivity contribution in [2.24, 2.45) is 5.73 Å². The molecule has 1 aromatic rings. The molecule has 1 aliphatic heterocycles. The Morgan fingerprint density at radius 2 is 2.21 bits per heavy atom. The third-order valence-electron chi connectivity index (χ3n) is 3.52. The van der Waals surface area contributed by atoms with E-state index in [0.717, 1.165) is 25.3 Å². The maximum atomic E-state index is 6.04. The standard InChI is InChI=1S/C15H24N2O2/c1-12-10-14(19-9-8-18-2)5-6-15(12)17-7-3-4-13(16)11-17/h5-6,10,13H,3-4,7-9,11,16H2,1-2H3. The fourth-order valence-corrected chi connectivity index (χ4v) is 2.54. The quantitative estimate of drug-likeness (QED) is 0.826. The molecule has 1 heterocycles. The van der Waals surface area contributed by atoms with E-state index in [1.807, 2.05) is 6.07 Å². The smallest absolute Gasteiger partial charge is 0.119 e. The minimum atomic E-state index is 0.297. The predicted molar refractivity (Wildman–Crippen MR) is 78.0 cm³/mol. The summed E-state index contributed by atoms with van der Waals surface area (Å²) in [6.45, 7) is 5.37. The van der Waals surface area contributed by atoms with Crippen molar-refractivity contribution in [2.45, 2.75) is 25.8 Å². The zero-order chi connectivity index (χ0) is 13.7. The van der Waals surface area contributed by atoms with Crippen molar-refractivity contribution in [3.05, 3.63) is 23.8 Å². The Morgan fingerprint density at radius 3 is 2.89 bits per heavy atom. The molecular formula is C15H24N2O2. The lowest BCUT2D eigenvalue weighted by molar-refractivity contribution is 0.146. The molecule has 1 atom stereocenters. The molecule has 106 valence electrons. The first kappa shape index (κ1) is 14.2. The zero-order valence-electron chi connectivity index (χ0n) is 11.9. The molecule has 0 radical (unpaired) electrons. The van der Waals surface area contributed by atoms with Crippen molar-refractivity contribution in [3.8, 4) is 5.75 Å². The van der Waals surface area contributed by atoms with Gasteiger partial charge >= 0.3 is 0 Å². The predicted octanol–water partition coefficient (Wildman–Crippen LogP) is 1.95. The average molecular weight is 264 g/mol. The monoisotopic (exact) mass is 264 g/mol. The van der Waals surface area contributed by atoms with E-state index in [1.54, 1.807) is 7.11 Å². The van der Waals surface area contributed by atoms with Gasteiger partial charge in [0.1, 0.15) is 12.4 Å². The summed E-state index contributed by atoms with van der Waals surface area (Å²) in [4.78, 5) is 2.38. The Kier molecular flexibility index (Phi) is 5.05. The van der Waals surface area contributed by atoms with Crippen LogP contribution in [0.1, 0.15) is 18.4 Å². The minimum absolute atomic E-state index is 0.297. The topological polar surface area (TPSA) is 47.7 Å². The number of hydrogen-bond donors (Lipinski definition) is 1. The van der Waals surface area contributed by atoms with Crippen molar-refractivity contribution < 1.29 is 9.47 Å². The summed E-state index contributed by atoms with van der Waals surface area (Å²) in [5, 5.41) is 0. The number of piperidine rings is 1. The van der Waals surface area contributed by atoms with Crippen LogP contribution >= 0.6 is 0 Å². The number of methoxy groups -OCH3 is 1. The van der Waals surface area contributed by atoms with Gasteiger partial charge in [-0.3, -0.25) is 0 Å².